The van der Waals surface area contributed by atoms with Gasteiger partial charge in [-0.05, 0) is 19.8 Å². The van der Waals surface area contributed by atoms with Crippen LogP contribution in [0.5, 0.6) is 0 Å². The average Bonchev–Trinajstić information content (AvgIpc) is 2.69. The van der Waals surface area contributed by atoms with E-state index < -0.39 is 10.0 Å². The van der Waals surface area contributed by atoms with Gasteiger partial charge in [-0.25, -0.2) is 12.7 Å². The fourth-order valence-corrected chi connectivity index (χ4v) is 3.07. The van der Waals surface area contributed by atoms with Crippen molar-refractivity contribution in [1.82, 2.24) is 19.8 Å². The third-order valence-corrected chi connectivity index (χ3v) is 4.77. The smallest absolute Gasteiger partial charge is 0.274 e. The van der Waals surface area contributed by atoms with E-state index in [1.165, 1.54) is 10.6 Å². The van der Waals surface area contributed by atoms with E-state index in [9.17, 15) is 13.2 Å². The summed E-state index contributed by atoms with van der Waals surface area (Å²) in [6.07, 6.45) is 2.36. The van der Waals surface area contributed by atoms with Crippen LogP contribution in [-0.2, 0) is 10.0 Å². The maximum atomic E-state index is 12.0. The van der Waals surface area contributed by atoms with Crippen molar-refractivity contribution in [2.24, 2.45) is 0 Å². The number of piperidine rings is 1. The van der Waals surface area contributed by atoms with E-state index in [4.69, 9.17) is 5.73 Å². The minimum atomic E-state index is -3.15. The number of nitrogens with two attached hydrogens (primary N) is 1. The minimum absolute atomic E-state index is 0.0584. The molecule has 1 aliphatic heterocycles. The lowest BCUT2D eigenvalue weighted by Gasteiger charge is -2.30. The van der Waals surface area contributed by atoms with Gasteiger partial charge < -0.3 is 11.1 Å². The van der Waals surface area contributed by atoms with E-state index in [0.29, 0.717) is 37.3 Å². The van der Waals surface area contributed by atoms with Crippen LogP contribution < -0.4 is 11.1 Å². The number of rotatable bonds is 3. The number of aromatic amines is 1. The van der Waals surface area contributed by atoms with Crippen molar-refractivity contribution in [2.75, 3.05) is 25.1 Å². The number of nitrogen functional groups attached to an aromatic ring is 1. The zero-order valence-electron chi connectivity index (χ0n) is 11.5. The van der Waals surface area contributed by atoms with Gasteiger partial charge in [0.1, 0.15) is 0 Å². The van der Waals surface area contributed by atoms with Crippen LogP contribution in [0.2, 0.25) is 0 Å². The van der Waals surface area contributed by atoms with E-state index in [1.807, 2.05) is 0 Å². The third kappa shape index (κ3) is 3.10. The molecule has 1 aromatic heterocycles. The first kappa shape index (κ1) is 14.8. The molecule has 1 amide bonds. The summed E-state index contributed by atoms with van der Waals surface area (Å²) in [7, 11) is -3.15. The molecule has 0 unspecified atom stereocenters. The highest BCUT2D eigenvalue weighted by Crippen LogP contribution is 2.16. The lowest BCUT2D eigenvalue weighted by Crippen LogP contribution is -2.46. The number of carbonyl (C=O) groups is 1. The number of carbonyl (C=O) groups excluding carboxylic acids is 1. The second-order valence-corrected chi connectivity index (χ2v) is 7.00. The molecule has 0 saturated carbocycles. The molecule has 2 rings (SSSR count). The van der Waals surface area contributed by atoms with Gasteiger partial charge in [-0.15, -0.1) is 0 Å². The second kappa shape index (κ2) is 5.41. The number of hydrogen-bond donors (Lipinski definition) is 3. The standard InChI is InChI=1S/C11H19N5O3S/c1-7-9(12)10(15-14-7)11(17)13-8-3-5-16(6-4-8)20(2,18)19/h8H,3-6,12H2,1-2H3,(H,13,17)(H,14,15). The second-order valence-electron chi connectivity index (χ2n) is 5.02. The quantitative estimate of drug-likeness (QED) is 0.692. The molecule has 8 nitrogen and oxygen atoms in total. The maximum Gasteiger partial charge on any atom is 0.274 e. The molecule has 2 heterocycles. The summed E-state index contributed by atoms with van der Waals surface area (Å²) in [4.78, 5) is 12.0. The fourth-order valence-electron chi connectivity index (χ4n) is 2.20. The number of amides is 1. The molecule has 9 heteroatoms. The van der Waals surface area contributed by atoms with Gasteiger partial charge in [0.2, 0.25) is 10.0 Å². The molecule has 0 atom stereocenters. The van der Waals surface area contributed by atoms with Gasteiger partial charge in [0.15, 0.2) is 5.69 Å². The Morgan fingerprint density at radius 3 is 2.50 bits per heavy atom. The Balaban J connectivity index is 1.93. The van der Waals surface area contributed by atoms with Gasteiger partial charge >= 0.3 is 0 Å². The normalized spacial score (nSPS) is 18.1. The Kier molecular flexibility index (Phi) is 4.00. The zero-order chi connectivity index (χ0) is 14.9. The van der Waals surface area contributed by atoms with Crippen LogP contribution in [-0.4, -0.2) is 54.2 Å². The van der Waals surface area contributed by atoms with Crippen LogP contribution in [0.1, 0.15) is 29.0 Å². The molecule has 1 aromatic rings. The molecular weight excluding hydrogens is 282 g/mol. The Hall–Kier alpha value is -1.61. The average molecular weight is 301 g/mol. The topological polar surface area (TPSA) is 121 Å². The van der Waals surface area contributed by atoms with Gasteiger partial charge in [-0.3, -0.25) is 9.89 Å². The molecule has 0 aliphatic carbocycles. The number of nitrogens with zero attached hydrogens (tertiary/aromatic N) is 2. The third-order valence-electron chi connectivity index (χ3n) is 3.47. The van der Waals surface area contributed by atoms with Crippen LogP contribution in [0, 0.1) is 6.92 Å². The number of H-pyrrole nitrogens is 1. The van der Waals surface area contributed by atoms with E-state index >= 15 is 0 Å². The molecule has 1 aliphatic rings. The van der Waals surface area contributed by atoms with Gasteiger partial charge in [0.05, 0.1) is 17.6 Å². The number of nitrogens with one attached hydrogen (secondary N) is 2. The fraction of sp³-hybridized carbons (Fsp3) is 0.636. The summed E-state index contributed by atoms with van der Waals surface area (Å²) in [6, 6.07) is -0.0584. The monoisotopic (exact) mass is 301 g/mol. The van der Waals surface area contributed by atoms with Gasteiger partial charge in [-0.2, -0.15) is 5.10 Å². The first-order valence-corrected chi connectivity index (χ1v) is 8.20. The van der Waals surface area contributed by atoms with Crippen LogP contribution in [0.25, 0.3) is 0 Å². The SMILES string of the molecule is Cc1[nH]nc(C(=O)NC2CCN(S(C)(=O)=O)CC2)c1N. The maximum absolute atomic E-state index is 12.0. The summed E-state index contributed by atoms with van der Waals surface area (Å²) < 4.78 is 24.2. The van der Waals surface area contributed by atoms with E-state index in [0.717, 1.165) is 0 Å². The zero-order valence-corrected chi connectivity index (χ0v) is 12.3. The largest absolute Gasteiger partial charge is 0.395 e. The molecule has 4 N–H and O–H groups in total. The van der Waals surface area contributed by atoms with E-state index in [-0.39, 0.29) is 17.6 Å². The summed E-state index contributed by atoms with van der Waals surface area (Å²) in [5, 5.41) is 9.36. The molecule has 0 spiro atoms. The van der Waals surface area contributed by atoms with Crippen LogP contribution in [0.4, 0.5) is 5.69 Å². The Labute approximate surface area is 117 Å². The summed E-state index contributed by atoms with van der Waals surface area (Å²) in [6.45, 7) is 2.57. The molecule has 1 fully saturated rings. The number of aromatic nitrogens is 2. The first-order valence-electron chi connectivity index (χ1n) is 6.35. The Morgan fingerprint density at radius 2 is 2.05 bits per heavy atom. The first-order chi connectivity index (χ1) is 9.29. The lowest BCUT2D eigenvalue weighted by molar-refractivity contribution is 0.0919. The Morgan fingerprint density at radius 1 is 1.45 bits per heavy atom. The van der Waals surface area contributed by atoms with Crippen molar-refractivity contribution in [1.29, 1.82) is 0 Å². The number of anilines is 1. The summed E-state index contributed by atoms with van der Waals surface area (Å²) >= 11 is 0. The molecule has 0 aromatic carbocycles. The van der Waals surface area contributed by atoms with Crippen molar-refractivity contribution in [3.05, 3.63) is 11.4 Å². The number of aryl methyl sites for hydroxylation is 1. The lowest BCUT2D eigenvalue weighted by atomic mass is 10.1. The van der Waals surface area contributed by atoms with Crippen molar-refractivity contribution in [3.63, 3.8) is 0 Å². The number of sulfonamides is 1. The predicted octanol–water partition coefficient (Wildman–Crippen LogP) is -0.546. The van der Waals surface area contributed by atoms with Gasteiger partial charge in [-0.1, -0.05) is 0 Å². The summed E-state index contributed by atoms with van der Waals surface area (Å²) in [5.74, 6) is -0.329. The highest BCUT2D eigenvalue weighted by atomic mass is 32.2. The van der Waals surface area contributed by atoms with E-state index in [1.54, 1.807) is 6.92 Å². The predicted molar refractivity (Wildman–Crippen MR) is 74.6 cm³/mol. The number of hydrogen-bond acceptors (Lipinski definition) is 5. The molecule has 0 radical (unpaired) electrons. The van der Waals surface area contributed by atoms with Crippen molar-refractivity contribution in [3.8, 4) is 0 Å². The van der Waals surface area contributed by atoms with Crippen molar-refractivity contribution >= 4 is 21.6 Å². The van der Waals surface area contributed by atoms with E-state index in [2.05, 4.69) is 15.5 Å². The van der Waals surface area contributed by atoms with Gasteiger partial charge in [0, 0.05) is 19.1 Å². The van der Waals surface area contributed by atoms with Crippen LogP contribution in [0.3, 0.4) is 0 Å². The highest BCUT2D eigenvalue weighted by molar-refractivity contribution is 7.88. The van der Waals surface area contributed by atoms with Gasteiger partial charge in [0.25, 0.3) is 5.91 Å². The molecular formula is C11H19N5O3S. The molecule has 112 valence electrons. The van der Waals surface area contributed by atoms with Crippen molar-refractivity contribution in [2.45, 2.75) is 25.8 Å². The van der Waals surface area contributed by atoms with Crippen LogP contribution >= 0.6 is 0 Å². The Bertz CT molecular complexity index is 602. The molecule has 0 bridgehead atoms. The van der Waals surface area contributed by atoms with Crippen molar-refractivity contribution < 1.29 is 13.2 Å². The molecule has 1 saturated heterocycles. The van der Waals surface area contributed by atoms with Crippen LogP contribution in [0.15, 0.2) is 0 Å². The summed E-state index contributed by atoms with van der Waals surface area (Å²) in [5.41, 5.74) is 6.93. The molecule has 20 heavy (non-hydrogen) atoms. The highest BCUT2D eigenvalue weighted by Gasteiger charge is 2.27. The minimum Gasteiger partial charge on any atom is -0.395 e.